The number of aliphatic hydroxyl groups excluding tert-OH is 1. The number of ether oxygens (including phenoxy) is 1. The lowest BCUT2D eigenvalue weighted by molar-refractivity contribution is 0.0111. The summed E-state index contributed by atoms with van der Waals surface area (Å²) in [6.45, 7) is 5.92. The number of hydrogen-bond acceptors (Lipinski definition) is 4. The summed E-state index contributed by atoms with van der Waals surface area (Å²) in [6, 6.07) is 5.77. The molecule has 1 saturated heterocycles. The molecule has 0 saturated carbocycles. The third-order valence-electron chi connectivity index (χ3n) is 3.71. The summed E-state index contributed by atoms with van der Waals surface area (Å²) in [4.78, 5) is 16.1. The number of rotatable bonds is 6. The Morgan fingerprint density at radius 1 is 1.36 bits per heavy atom. The Labute approximate surface area is 130 Å². The van der Waals surface area contributed by atoms with Gasteiger partial charge >= 0.3 is 0 Å². The van der Waals surface area contributed by atoms with Crippen LogP contribution in [0, 0.1) is 5.82 Å². The fourth-order valence-electron chi connectivity index (χ4n) is 2.54. The van der Waals surface area contributed by atoms with Crippen LogP contribution in [0.15, 0.2) is 24.3 Å². The second-order valence-electron chi connectivity index (χ2n) is 5.42. The minimum absolute atomic E-state index is 0.144. The lowest BCUT2D eigenvalue weighted by atomic mass is 10.1. The molecule has 22 heavy (non-hydrogen) atoms. The first kappa shape index (κ1) is 16.9. The molecule has 1 aliphatic heterocycles. The number of hydrogen-bond donors (Lipinski definition) is 1. The number of carbonyl (C=O) groups is 1. The zero-order valence-electron chi connectivity index (χ0n) is 12.9. The molecule has 0 bridgehead atoms. The van der Waals surface area contributed by atoms with Crippen molar-refractivity contribution in [3.63, 3.8) is 0 Å². The Bertz CT molecular complexity index is 490. The second-order valence-corrected chi connectivity index (χ2v) is 5.42. The molecule has 1 atom stereocenters. The van der Waals surface area contributed by atoms with Gasteiger partial charge < -0.3 is 14.7 Å². The van der Waals surface area contributed by atoms with Crippen LogP contribution in [0.25, 0.3) is 0 Å². The van der Waals surface area contributed by atoms with Gasteiger partial charge in [-0.15, -0.1) is 0 Å². The molecule has 1 aromatic carbocycles. The van der Waals surface area contributed by atoms with Crippen LogP contribution in [-0.4, -0.2) is 72.9 Å². The Morgan fingerprint density at radius 3 is 2.73 bits per heavy atom. The molecule has 0 unspecified atom stereocenters. The quantitative estimate of drug-likeness (QED) is 0.851. The first-order valence-corrected chi connectivity index (χ1v) is 7.63. The summed E-state index contributed by atoms with van der Waals surface area (Å²) in [7, 11) is 0. The normalized spacial score (nSPS) is 17.5. The van der Waals surface area contributed by atoms with Gasteiger partial charge in [0.1, 0.15) is 5.82 Å². The van der Waals surface area contributed by atoms with Gasteiger partial charge in [0, 0.05) is 44.9 Å². The van der Waals surface area contributed by atoms with E-state index >= 15 is 0 Å². The Kier molecular flexibility index (Phi) is 6.30. The molecule has 1 fully saturated rings. The van der Waals surface area contributed by atoms with E-state index in [9.17, 15) is 14.3 Å². The highest BCUT2D eigenvalue weighted by atomic mass is 19.1. The third-order valence-corrected chi connectivity index (χ3v) is 3.71. The fourth-order valence-corrected chi connectivity index (χ4v) is 2.54. The predicted molar refractivity (Wildman–Crippen MR) is 81.2 cm³/mol. The number of β-amino-alcohol motifs (C(OH)–C–C–N with tert-alkyl or cyclic N) is 1. The van der Waals surface area contributed by atoms with E-state index in [-0.39, 0.29) is 5.91 Å². The Balaban J connectivity index is 1.80. The summed E-state index contributed by atoms with van der Waals surface area (Å²) in [5.41, 5.74) is 0.379. The number of nitrogens with zero attached hydrogens (tertiary/aromatic N) is 2. The summed E-state index contributed by atoms with van der Waals surface area (Å²) in [6.07, 6.45) is -0.509. The maximum Gasteiger partial charge on any atom is 0.254 e. The van der Waals surface area contributed by atoms with Gasteiger partial charge in [-0.25, -0.2) is 4.39 Å². The van der Waals surface area contributed by atoms with Gasteiger partial charge in [-0.05, 0) is 25.1 Å². The topological polar surface area (TPSA) is 53.0 Å². The predicted octanol–water partition coefficient (Wildman–Crippen LogP) is 0.981. The van der Waals surface area contributed by atoms with Crippen LogP contribution in [-0.2, 0) is 4.74 Å². The van der Waals surface area contributed by atoms with Gasteiger partial charge in [-0.1, -0.05) is 6.07 Å². The van der Waals surface area contributed by atoms with Crippen LogP contribution in [0.5, 0.6) is 0 Å². The van der Waals surface area contributed by atoms with E-state index < -0.39 is 11.9 Å². The number of carbonyl (C=O) groups excluding carboxylic acids is 1. The molecule has 0 radical (unpaired) electrons. The average Bonchev–Trinajstić information content (AvgIpc) is 2.53. The lowest BCUT2D eigenvalue weighted by Crippen LogP contribution is -2.50. The number of halogens is 1. The summed E-state index contributed by atoms with van der Waals surface area (Å²) in [5, 5.41) is 9.83. The van der Waals surface area contributed by atoms with Crippen molar-refractivity contribution in [1.82, 2.24) is 9.80 Å². The molecule has 2 rings (SSSR count). The van der Waals surface area contributed by atoms with E-state index in [4.69, 9.17) is 4.74 Å². The van der Waals surface area contributed by atoms with Gasteiger partial charge in [-0.2, -0.15) is 0 Å². The molecule has 0 aromatic heterocycles. The molecular formula is C16H23FN2O3. The van der Waals surface area contributed by atoms with E-state index in [1.165, 1.54) is 12.1 Å². The molecule has 1 heterocycles. The first-order valence-electron chi connectivity index (χ1n) is 7.63. The highest BCUT2D eigenvalue weighted by Gasteiger charge is 2.23. The van der Waals surface area contributed by atoms with Crippen molar-refractivity contribution in [3.05, 3.63) is 35.6 Å². The van der Waals surface area contributed by atoms with Crippen molar-refractivity contribution in [2.75, 3.05) is 45.9 Å². The monoisotopic (exact) mass is 310 g/mol. The highest BCUT2D eigenvalue weighted by molar-refractivity contribution is 5.94. The average molecular weight is 310 g/mol. The van der Waals surface area contributed by atoms with Gasteiger partial charge in [0.05, 0.1) is 12.7 Å². The molecule has 5 nitrogen and oxygen atoms in total. The summed E-state index contributed by atoms with van der Waals surface area (Å²) in [5.74, 6) is -0.544. The molecule has 1 amide bonds. The zero-order valence-corrected chi connectivity index (χ0v) is 12.9. The van der Waals surface area contributed by atoms with Crippen molar-refractivity contribution in [2.45, 2.75) is 13.0 Å². The number of aliphatic hydroxyl groups is 1. The molecule has 6 heteroatoms. The van der Waals surface area contributed by atoms with Crippen molar-refractivity contribution in [2.24, 2.45) is 0 Å². The molecule has 0 spiro atoms. The summed E-state index contributed by atoms with van der Waals surface area (Å²) < 4.78 is 18.4. The molecule has 1 N–H and O–H groups in total. The smallest absolute Gasteiger partial charge is 0.254 e. The van der Waals surface area contributed by atoms with Crippen LogP contribution in [0.4, 0.5) is 4.39 Å². The van der Waals surface area contributed by atoms with Gasteiger partial charge in [0.2, 0.25) is 0 Å². The lowest BCUT2D eigenvalue weighted by Gasteiger charge is -2.35. The van der Waals surface area contributed by atoms with Crippen molar-refractivity contribution in [1.29, 1.82) is 0 Å². The SMILES string of the molecule is CCOC[C@@H](O)CN1CCN(C(=O)c2cccc(F)c2)CC1. The standard InChI is InChI=1S/C16H23FN2O3/c1-2-22-12-15(20)11-18-6-8-19(9-7-18)16(21)13-4-3-5-14(17)10-13/h3-5,10,15,20H,2,6-9,11-12H2,1H3/t15-/m0/s1. The van der Waals surface area contributed by atoms with Gasteiger partial charge in [-0.3, -0.25) is 9.69 Å². The van der Waals surface area contributed by atoms with Crippen LogP contribution in [0.1, 0.15) is 17.3 Å². The Morgan fingerprint density at radius 2 is 2.09 bits per heavy atom. The van der Waals surface area contributed by atoms with E-state index in [0.717, 1.165) is 0 Å². The van der Waals surface area contributed by atoms with Gasteiger partial charge in [0.15, 0.2) is 0 Å². The second kappa shape index (κ2) is 8.22. The van der Waals surface area contributed by atoms with E-state index in [0.29, 0.717) is 51.5 Å². The molecular weight excluding hydrogens is 287 g/mol. The third kappa shape index (κ3) is 4.76. The molecule has 1 aliphatic rings. The largest absolute Gasteiger partial charge is 0.389 e. The Hall–Kier alpha value is -1.50. The maximum atomic E-state index is 13.2. The first-order chi connectivity index (χ1) is 10.6. The highest BCUT2D eigenvalue weighted by Crippen LogP contribution is 2.10. The van der Waals surface area contributed by atoms with Crippen molar-refractivity contribution >= 4 is 5.91 Å². The number of benzene rings is 1. The van der Waals surface area contributed by atoms with Crippen LogP contribution < -0.4 is 0 Å². The van der Waals surface area contributed by atoms with Crippen LogP contribution in [0.2, 0.25) is 0 Å². The van der Waals surface area contributed by atoms with E-state index in [1.54, 1.807) is 17.0 Å². The number of piperazine rings is 1. The zero-order chi connectivity index (χ0) is 15.9. The fraction of sp³-hybridized carbons (Fsp3) is 0.562. The molecule has 0 aliphatic carbocycles. The van der Waals surface area contributed by atoms with E-state index in [2.05, 4.69) is 4.90 Å². The molecule has 122 valence electrons. The molecule has 1 aromatic rings. The number of amides is 1. The van der Waals surface area contributed by atoms with Crippen molar-refractivity contribution in [3.8, 4) is 0 Å². The van der Waals surface area contributed by atoms with Crippen LogP contribution >= 0.6 is 0 Å². The van der Waals surface area contributed by atoms with Gasteiger partial charge in [0.25, 0.3) is 5.91 Å². The minimum Gasteiger partial charge on any atom is -0.389 e. The maximum absolute atomic E-state index is 13.2. The van der Waals surface area contributed by atoms with E-state index in [1.807, 2.05) is 6.92 Å². The van der Waals surface area contributed by atoms with Crippen molar-refractivity contribution < 1.29 is 19.0 Å². The summed E-state index contributed by atoms with van der Waals surface area (Å²) >= 11 is 0. The van der Waals surface area contributed by atoms with Crippen LogP contribution in [0.3, 0.4) is 0 Å². The minimum atomic E-state index is -0.509.